The van der Waals surface area contributed by atoms with Crippen LogP contribution in [-0.4, -0.2) is 25.3 Å². The first kappa shape index (κ1) is 17.6. The molecule has 3 rings (SSSR count). The molecular weight excluding hydrogens is 383 g/mol. The highest BCUT2D eigenvalue weighted by Crippen LogP contribution is 2.38. The number of hydrogen-bond acceptors (Lipinski definition) is 5. The third-order valence-electron chi connectivity index (χ3n) is 3.32. The highest BCUT2D eigenvalue weighted by atomic mass is 35.5. The molecule has 0 saturated carbocycles. The Balaban J connectivity index is 2.01. The quantitative estimate of drug-likeness (QED) is 0.504. The number of benzene rings is 2. The van der Waals surface area contributed by atoms with Crippen molar-refractivity contribution in [2.75, 3.05) is 11.1 Å². The number of halogens is 2. The van der Waals surface area contributed by atoms with Crippen LogP contribution in [0.15, 0.2) is 41.3 Å². The molecule has 0 aliphatic carbocycles. The van der Waals surface area contributed by atoms with Crippen LogP contribution in [0.5, 0.6) is 0 Å². The fourth-order valence-electron chi connectivity index (χ4n) is 2.25. The zero-order valence-corrected chi connectivity index (χ0v) is 15.1. The van der Waals surface area contributed by atoms with Gasteiger partial charge in [0, 0.05) is 16.1 Å². The van der Waals surface area contributed by atoms with Gasteiger partial charge in [0.05, 0.1) is 19.8 Å². The summed E-state index contributed by atoms with van der Waals surface area (Å²) in [5.41, 5.74) is 7.35. The molecule has 0 radical (unpaired) electrons. The molecule has 1 unspecified atom stereocenters. The lowest BCUT2D eigenvalue weighted by Crippen LogP contribution is -2.11. The normalized spacial score (nSPS) is 13.4. The van der Waals surface area contributed by atoms with Crippen LogP contribution in [0.4, 0.5) is 17.6 Å². The maximum Gasteiger partial charge on any atom is 0.248 e. The standard InChI is InChI=1S/C15H14Cl2N6OS/c1-25(19,24)10-4-2-3-8(5-10)13-11(16)6-9(7-12(13)17)20-15-21-14(18)22-23-15/h2-7H,1H2,(H2,19,24)(H4,18,20,21,22,23). The molecule has 25 heavy (non-hydrogen) atoms. The first-order valence-electron chi connectivity index (χ1n) is 6.93. The predicted octanol–water partition coefficient (Wildman–Crippen LogP) is 3.05. The summed E-state index contributed by atoms with van der Waals surface area (Å²) in [6, 6.07) is 10.2. The van der Waals surface area contributed by atoms with E-state index >= 15 is 0 Å². The highest BCUT2D eigenvalue weighted by molar-refractivity contribution is 7.98. The molecule has 0 spiro atoms. The Hall–Kier alpha value is -2.26. The number of H-pyrrole nitrogens is 1. The van der Waals surface area contributed by atoms with E-state index in [0.717, 1.165) is 0 Å². The molecule has 0 aliphatic heterocycles. The van der Waals surface area contributed by atoms with Crippen molar-refractivity contribution in [2.24, 2.45) is 5.14 Å². The third-order valence-corrected chi connectivity index (χ3v) is 4.97. The van der Waals surface area contributed by atoms with Gasteiger partial charge < -0.3 is 11.1 Å². The molecule has 6 N–H and O–H groups in total. The number of anilines is 3. The zero-order valence-electron chi connectivity index (χ0n) is 12.8. The summed E-state index contributed by atoms with van der Waals surface area (Å²) in [4.78, 5) is 4.36. The van der Waals surface area contributed by atoms with Gasteiger partial charge in [0.25, 0.3) is 0 Å². The molecule has 2 aromatic carbocycles. The Morgan fingerprint density at radius 1 is 1.20 bits per heavy atom. The first-order chi connectivity index (χ1) is 11.7. The van der Waals surface area contributed by atoms with Crippen molar-refractivity contribution in [1.82, 2.24) is 15.2 Å². The average Bonchev–Trinajstić information content (AvgIpc) is 2.91. The van der Waals surface area contributed by atoms with Gasteiger partial charge in [-0.15, -0.1) is 5.10 Å². The van der Waals surface area contributed by atoms with Crippen molar-refractivity contribution >= 4 is 56.4 Å². The maximum absolute atomic E-state index is 12.0. The molecule has 130 valence electrons. The topological polar surface area (TPSA) is 123 Å². The molecular formula is C15H14Cl2N6OS. The van der Waals surface area contributed by atoms with Gasteiger partial charge in [0.2, 0.25) is 11.9 Å². The minimum atomic E-state index is -2.84. The lowest BCUT2D eigenvalue weighted by molar-refractivity contribution is 0.682. The number of hydrogen-bond donors (Lipinski definition) is 4. The fourth-order valence-corrected chi connectivity index (χ4v) is 3.59. The number of nitrogens with one attached hydrogen (secondary N) is 2. The molecule has 0 saturated heterocycles. The van der Waals surface area contributed by atoms with Crippen molar-refractivity contribution in [3.8, 4) is 11.1 Å². The van der Waals surface area contributed by atoms with Crippen LogP contribution in [0, 0.1) is 0 Å². The van der Waals surface area contributed by atoms with Gasteiger partial charge in [-0.2, -0.15) is 4.98 Å². The number of nitrogens with two attached hydrogens (primary N) is 2. The molecule has 10 heteroatoms. The Morgan fingerprint density at radius 2 is 1.88 bits per heavy atom. The van der Waals surface area contributed by atoms with E-state index in [1.807, 2.05) is 0 Å². The predicted molar refractivity (Wildman–Crippen MR) is 104 cm³/mol. The van der Waals surface area contributed by atoms with E-state index in [2.05, 4.69) is 26.4 Å². The van der Waals surface area contributed by atoms with E-state index in [4.69, 9.17) is 34.1 Å². The largest absolute Gasteiger partial charge is 0.368 e. The van der Waals surface area contributed by atoms with Gasteiger partial charge in [-0.3, -0.25) is 5.14 Å². The van der Waals surface area contributed by atoms with E-state index < -0.39 is 9.71 Å². The van der Waals surface area contributed by atoms with Crippen molar-refractivity contribution < 1.29 is 4.21 Å². The fraction of sp³-hybridized carbons (Fsp3) is 0. The number of nitrogen functional groups attached to an aromatic ring is 1. The molecule has 1 atom stereocenters. The monoisotopic (exact) mass is 396 g/mol. The average molecular weight is 397 g/mol. The summed E-state index contributed by atoms with van der Waals surface area (Å²) in [5.74, 6) is 3.96. The molecule has 0 bridgehead atoms. The molecule has 7 nitrogen and oxygen atoms in total. The van der Waals surface area contributed by atoms with E-state index in [9.17, 15) is 4.21 Å². The summed E-state index contributed by atoms with van der Waals surface area (Å²) in [6.07, 6.45) is 0. The Labute approximate surface area is 154 Å². The van der Waals surface area contributed by atoms with E-state index in [1.165, 1.54) is 0 Å². The van der Waals surface area contributed by atoms with Crippen LogP contribution in [-0.2, 0) is 9.71 Å². The van der Waals surface area contributed by atoms with Crippen molar-refractivity contribution in [3.05, 3.63) is 46.4 Å². The number of aromatic amines is 1. The van der Waals surface area contributed by atoms with Gasteiger partial charge in [-0.05, 0) is 35.7 Å². The van der Waals surface area contributed by atoms with Crippen LogP contribution in [0.1, 0.15) is 0 Å². The van der Waals surface area contributed by atoms with Crippen LogP contribution < -0.4 is 16.2 Å². The van der Waals surface area contributed by atoms with Gasteiger partial charge in [0.1, 0.15) is 0 Å². The minimum absolute atomic E-state index is 0.187. The minimum Gasteiger partial charge on any atom is -0.368 e. The second-order valence-electron chi connectivity index (χ2n) is 5.24. The van der Waals surface area contributed by atoms with Crippen molar-refractivity contribution in [3.63, 3.8) is 0 Å². The van der Waals surface area contributed by atoms with Gasteiger partial charge >= 0.3 is 0 Å². The summed E-state index contributed by atoms with van der Waals surface area (Å²) in [5, 5.41) is 15.7. The van der Waals surface area contributed by atoms with E-state index in [-0.39, 0.29) is 5.95 Å². The number of nitrogens with zero attached hydrogens (tertiary/aromatic N) is 2. The third kappa shape index (κ3) is 3.88. The molecule has 0 amide bonds. The van der Waals surface area contributed by atoms with Crippen molar-refractivity contribution in [2.45, 2.75) is 4.90 Å². The van der Waals surface area contributed by atoms with E-state index in [1.54, 1.807) is 36.4 Å². The zero-order chi connectivity index (χ0) is 18.2. The second-order valence-corrected chi connectivity index (χ2v) is 7.98. The molecule has 1 heterocycles. The highest BCUT2D eigenvalue weighted by Gasteiger charge is 2.13. The Morgan fingerprint density at radius 3 is 2.44 bits per heavy atom. The summed E-state index contributed by atoms with van der Waals surface area (Å²) in [6.45, 7) is 0. The lowest BCUT2D eigenvalue weighted by atomic mass is 10.1. The van der Waals surface area contributed by atoms with Gasteiger partial charge in [0.15, 0.2) is 0 Å². The Kier molecular flexibility index (Phi) is 4.61. The van der Waals surface area contributed by atoms with Crippen LogP contribution >= 0.6 is 23.2 Å². The van der Waals surface area contributed by atoms with Crippen molar-refractivity contribution in [1.29, 1.82) is 0 Å². The maximum atomic E-state index is 12.0. The van der Waals surface area contributed by atoms with Crippen LogP contribution in [0.25, 0.3) is 11.1 Å². The lowest BCUT2D eigenvalue weighted by Gasteiger charge is -2.12. The summed E-state index contributed by atoms with van der Waals surface area (Å²) < 4.78 is 12.0. The molecule has 0 fully saturated rings. The number of rotatable bonds is 4. The van der Waals surface area contributed by atoms with Gasteiger partial charge in [-0.1, -0.05) is 35.3 Å². The SMILES string of the molecule is C=S(N)(=O)c1cccc(-c2c(Cl)cc(Nc3n[nH]c(N)n3)cc2Cl)c1. The van der Waals surface area contributed by atoms with E-state index in [0.29, 0.717) is 37.7 Å². The molecule has 0 aliphatic rings. The smallest absolute Gasteiger partial charge is 0.248 e. The summed E-state index contributed by atoms with van der Waals surface area (Å²) in [7, 11) is -2.84. The van der Waals surface area contributed by atoms with Gasteiger partial charge in [-0.25, -0.2) is 9.31 Å². The first-order valence-corrected chi connectivity index (χ1v) is 9.48. The summed E-state index contributed by atoms with van der Waals surface area (Å²) >= 11 is 12.8. The second kappa shape index (κ2) is 6.57. The Bertz CT molecular complexity index is 1020. The van der Waals surface area contributed by atoms with Crippen LogP contribution in [0.2, 0.25) is 10.0 Å². The molecule has 3 aromatic rings. The van der Waals surface area contributed by atoms with Crippen LogP contribution in [0.3, 0.4) is 0 Å². The molecule has 1 aromatic heterocycles. The number of aromatic nitrogens is 3.